The Morgan fingerprint density at radius 3 is 2.00 bits per heavy atom. The lowest BCUT2D eigenvalue weighted by molar-refractivity contribution is 0.440. The summed E-state index contributed by atoms with van der Waals surface area (Å²) in [6, 6.07) is 0.216. The van der Waals surface area contributed by atoms with Gasteiger partial charge >= 0.3 is 0 Å². The lowest BCUT2D eigenvalue weighted by Crippen LogP contribution is -2.03. The molecule has 0 aliphatic rings. The van der Waals surface area contributed by atoms with E-state index in [0.29, 0.717) is 5.75 Å². The molecule has 0 aromatic heterocycles. The summed E-state index contributed by atoms with van der Waals surface area (Å²) in [5.41, 5.74) is -0.517. The van der Waals surface area contributed by atoms with Crippen LogP contribution in [0.25, 0.3) is 0 Å². The predicted molar refractivity (Wildman–Crippen MR) is 48.4 cm³/mol. The fourth-order valence-corrected chi connectivity index (χ4v) is 1.45. The van der Waals surface area contributed by atoms with Crippen LogP contribution in [0.2, 0.25) is 0 Å². The first-order chi connectivity index (χ1) is 6.57. The van der Waals surface area contributed by atoms with Gasteiger partial charge in [0.15, 0.2) is 23.3 Å². The molecule has 1 aromatic rings. The molecule has 0 bridgehead atoms. The number of hydrogen-bond acceptors (Lipinski definition) is 1. The zero-order valence-corrected chi connectivity index (χ0v) is 8.23. The summed E-state index contributed by atoms with van der Waals surface area (Å²) in [5.74, 6) is -4.87. The zero-order chi connectivity index (χ0) is 10.7. The second kappa shape index (κ2) is 4.68. The fraction of sp³-hybridized carbons (Fsp3) is 0.333. The Morgan fingerprint density at radius 2 is 1.57 bits per heavy atom. The monoisotopic (exact) mass is 224 g/mol. The van der Waals surface area contributed by atoms with Crippen molar-refractivity contribution in [2.75, 3.05) is 12.0 Å². The largest absolute Gasteiger partial charge is 0.204 e. The van der Waals surface area contributed by atoms with Gasteiger partial charge in [0.2, 0.25) is 0 Å². The van der Waals surface area contributed by atoms with Crippen LogP contribution in [0.5, 0.6) is 0 Å². The van der Waals surface area contributed by atoms with Crippen molar-refractivity contribution >= 4 is 11.8 Å². The lowest BCUT2D eigenvalue weighted by Gasteiger charge is -2.05. The molecule has 0 saturated heterocycles. The Kier molecular flexibility index (Phi) is 3.80. The van der Waals surface area contributed by atoms with Gasteiger partial charge in [-0.25, -0.2) is 17.6 Å². The molecule has 1 aromatic carbocycles. The van der Waals surface area contributed by atoms with Gasteiger partial charge in [-0.2, -0.15) is 11.8 Å². The van der Waals surface area contributed by atoms with E-state index >= 15 is 0 Å². The molecule has 0 aliphatic carbocycles. The SMILES string of the molecule is CSCCc1c(F)c(F)cc(F)c1F. The maximum Gasteiger partial charge on any atom is 0.165 e. The molecule has 0 spiro atoms. The molecule has 0 radical (unpaired) electrons. The topological polar surface area (TPSA) is 0 Å². The third-order valence-corrected chi connectivity index (χ3v) is 2.37. The maximum atomic E-state index is 13.0. The van der Waals surface area contributed by atoms with Crippen molar-refractivity contribution < 1.29 is 17.6 Å². The van der Waals surface area contributed by atoms with E-state index in [9.17, 15) is 17.6 Å². The van der Waals surface area contributed by atoms with E-state index in [1.165, 1.54) is 11.8 Å². The summed E-state index contributed by atoms with van der Waals surface area (Å²) < 4.78 is 51.3. The van der Waals surface area contributed by atoms with E-state index in [0.717, 1.165) is 0 Å². The minimum atomic E-state index is -1.35. The van der Waals surface area contributed by atoms with Crippen molar-refractivity contribution in [1.82, 2.24) is 0 Å². The molecule has 0 atom stereocenters. The molecule has 0 unspecified atom stereocenters. The third kappa shape index (κ3) is 2.20. The van der Waals surface area contributed by atoms with Gasteiger partial charge in [-0.1, -0.05) is 0 Å². The highest BCUT2D eigenvalue weighted by molar-refractivity contribution is 7.98. The molecule has 0 saturated carbocycles. The number of thioether (sulfide) groups is 1. The van der Waals surface area contributed by atoms with Crippen molar-refractivity contribution in [3.63, 3.8) is 0 Å². The van der Waals surface area contributed by atoms with E-state index in [-0.39, 0.29) is 12.5 Å². The van der Waals surface area contributed by atoms with Crippen LogP contribution in [-0.4, -0.2) is 12.0 Å². The Labute approximate surface area is 83.3 Å². The van der Waals surface area contributed by atoms with Crippen molar-refractivity contribution in [3.8, 4) is 0 Å². The Balaban J connectivity index is 3.11. The van der Waals surface area contributed by atoms with Crippen molar-refractivity contribution in [2.24, 2.45) is 0 Å². The van der Waals surface area contributed by atoms with Crippen LogP contribution in [0.4, 0.5) is 17.6 Å². The van der Waals surface area contributed by atoms with E-state index in [1.54, 1.807) is 6.26 Å². The first-order valence-electron chi connectivity index (χ1n) is 3.88. The molecule has 0 amide bonds. The van der Waals surface area contributed by atoms with Crippen LogP contribution in [0.3, 0.4) is 0 Å². The minimum Gasteiger partial charge on any atom is -0.204 e. The summed E-state index contributed by atoms with van der Waals surface area (Å²) >= 11 is 1.35. The van der Waals surface area contributed by atoms with Crippen LogP contribution < -0.4 is 0 Å². The van der Waals surface area contributed by atoms with Crippen molar-refractivity contribution in [3.05, 3.63) is 34.9 Å². The molecule has 5 heteroatoms. The molecule has 0 fully saturated rings. The first kappa shape index (κ1) is 11.4. The standard InChI is InChI=1S/C9H8F4S/c1-14-3-2-5-8(12)6(10)4-7(11)9(5)13/h4H,2-3H2,1H3. The first-order valence-corrected chi connectivity index (χ1v) is 5.28. The summed E-state index contributed by atoms with van der Waals surface area (Å²) in [5, 5.41) is 0. The quantitative estimate of drug-likeness (QED) is 0.561. The third-order valence-electron chi connectivity index (χ3n) is 1.76. The van der Waals surface area contributed by atoms with E-state index in [2.05, 4.69) is 0 Å². The van der Waals surface area contributed by atoms with Gasteiger partial charge in [0, 0.05) is 11.6 Å². The number of hydrogen-bond donors (Lipinski definition) is 0. The Hall–Kier alpha value is -0.710. The molecule has 0 heterocycles. The van der Waals surface area contributed by atoms with E-state index < -0.39 is 28.8 Å². The van der Waals surface area contributed by atoms with Gasteiger partial charge in [0.1, 0.15) is 0 Å². The highest BCUT2D eigenvalue weighted by Gasteiger charge is 2.18. The second-order valence-electron chi connectivity index (χ2n) is 2.69. The van der Waals surface area contributed by atoms with Crippen LogP contribution in [0.15, 0.2) is 6.07 Å². The van der Waals surface area contributed by atoms with Crippen molar-refractivity contribution in [2.45, 2.75) is 6.42 Å². The fourth-order valence-electron chi connectivity index (χ4n) is 1.05. The average Bonchev–Trinajstić information content (AvgIpc) is 2.15. The smallest absolute Gasteiger partial charge is 0.165 e. The Bertz CT molecular complexity index is 312. The molecule has 1 rings (SSSR count). The van der Waals surface area contributed by atoms with Crippen LogP contribution in [-0.2, 0) is 6.42 Å². The average molecular weight is 224 g/mol. The highest BCUT2D eigenvalue weighted by Crippen LogP contribution is 2.20. The van der Waals surface area contributed by atoms with Gasteiger partial charge in [0.25, 0.3) is 0 Å². The zero-order valence-electron chi connectivity index (χ0n) is 7.41. The summed E-state index contributed by atoms with van der Waals surface area (Å²) in [7, 11) is 0. The van der Waals surface area contributed by atoms with Crippen LogP contribution in [0.1, 0.15) is 5.56 Å². The summed E-state index contributed by atoms with van der Waals surface area (Å²) in [6.07, 6.45) is 1.72. The molecule has 14 heavy (non-hydrogen) atoms. The molecule has 0 nitrogen and oxygen atoms in total. The predicted octanol–water partition coefficient (Wildman–Crippen LogP) is 3.15. The molecular formula is C9H8F4S. The summed E-state index contributed by atoms with van der Waals surface area (Å²) in [6.45, 7) is 0. The van der Waals surface area contributed by atoms with Gasteiger partial charge in [-0.05, 0) is 18.4 Å². The van der Waals surface area contributed by atoms with Crippen LogP contribution >= 0.6 is 11.8 Å². The van der Waals surface area contributed by atoms with Crippen molar-refractivity contribution in [1.29, 1.82) is 0 Å². The van der Waals surface area contributed by atoms with Gasteiger partial charge in [-0.3, -0.25) is 0 Å². The number of rotatable bonds is 3. The highest BCUT2D eigenvalue weighted by atomic mass is 32.2. The molecule has 0 aliphatic heterocycles. The minimum absolute atomic E-state index is 0.0203. The normalized spacial score (nSPS) is 10.6. The van der Waals surface area contributed by atoms with Gasteiger partial charge < -0.3 is 0 Å². The van der Waals surface area contributed by atoms with Gasteiger partial charge in [0.05, 0.1) is 0 Å². The lowest BCUT2D eigenvalue weighted by atomic mass is 10.1. The number of benzene rings is 1. The second-order valence-corrected chi connectivity index (χ2v) is 3.68. The van der Waals surface area contributed by atoms with E-state index in [1.807, 2.05) is 0 Å². The number of halogens is 4. The molecular weight excluding hydrogens is 216 g/mol. The maximum absolute atomic E-state index is 13.0. The van der Waals surface area contributed by atoms with Crippen LogP contribution in [0, 0.1) is 23.3 Å². The van der Waals surface area contributed by atoms with E-state index in [4.69, 9.17) is 0 Å². The van der Waals surface area contributed by atoms with Gasteiger partial charge in [-0.15, -0.1) is 0 Å². The molecule has 78 valence electrons. The molecule has 0 N–H and O–H groups in total. The summed E-state index contributed by atoms with van der Waals surface area (Å²) in [4.78, 5) is 0. The Morgan fingerprint density at radius 1 is 1.07 bits per heavy atom.